The van der Waals surface area contributed by atoms with Crippen LogP contribution in [0.1, 0.15) is 89.9 Å². The summed E-state index contributed by atoms with van der Waals surface area (Å²) in [7, 11) is 0. The molecule has 11 heteroatoms. The van der Waals surface area contributed by atoms with Crippen LogP contribution < -0.4 is 10.6 Å². The quantitative estimate of drug-likeness (QED) is 0.0771. The standard InChI is InChI=1S/C28H53BrN2O8/c29-25-27(33)31-16-18-37-20-22-39-24-23-38-21-19-36-17-15-30-26(32)13-11-9-7-5-3-1-2-4-6-8-10-12-14-28(34)35/h1-25H2,(H,30,32)(H,31,33)(H,34,35). The van der Waals surface area contributed by atoms with Gasteiger partial charge >= 0.3 is 5.97 Å². The van der Waals surface area contributed by atoms with Crippen molar-refractivity contribution in [3.63, 3.8) is 0 Å². The van der Waals surface area contributed by atoms with Crippen molar-refractivity contribution in [1.29, 1.82) is 0 Å². The molecular weight excluding hydrogens is 572 g/mol. The molecule has 2 amide bonds. The summed E-state index contributed by atoms with van der Waals surface area (Å²) < 4.78 is 21.6. The number of nitrogens with one attached hydrogen (secondary N) is 2. The van der Waals surface area contributed by atoms with Crippen LogP contribution in [0.2, 0.25) is 0 Å². The molecule has 0 saturated carbocycles. The molecule has 0 heterocycles. The number of hydrogen-bond acceptors (Lipinski definition) is 7. The first kappa shape index (κ1) is 37.7. The molecule has 0 aliphatic carbocycles. The van der Waals surface area contributed by atoms with Gasteiger partial charge in [0, 0.05) is 25.9 Å². The lowest BCUT2D eigenvalue weighted by molar-refractivity contribution is -0.137. The van der Waals surface area contributed by atoms with Crippen LogP contribution in [0, 0.1) is 0 Å². The molecule has 0 aromatic carbocycles. The number of hydrogen-bond donors (Lipinski definition) is 3. The molecule has 0 radical (unpaired) electrons. The molecular formula is C28H53BrN2O8. The second-order valence-electron chi connectivity index (χ2n) is 9.42. The van der Waals surface area contributed by atoms with Gasteiger partial charge in [-0.2, -0.15) is 0 Å². The minimum absolute atomic E-state index is 0.0581. The van der Waals surface area contributed by atoms with Gasteiger partial charge < -0.3 is 34.7 Å². The predicted molar refractivity (Wildman–Crippen MR) is 155 cm³/mol. The van der Waals surface area contributed by atoms with Gasteiger partial charge in [-0.05, 0) is 12.8 Å². The Kier molecular flexibility index (Phi) is 30.2. The van der Waals surface area contributed by atoms with Crippen molar-refractivity contribution >= 4 is 33.7 Å². The highest BCUT2D eigenvalue weighted by atomic mass is 79.9. The lowest BCUT2D eigenvalue weighted by atomic mass is 10.0. The van der Waals surface area contributed by atoms with Crippen LogP contribution in [-0.4, -0.2) is 94.2 Å². The highest BCUT2D eigenvalue weighted by molar-refractivity contribution is 9.09. The van der Waals surface area contributed by atoms with E-state index >= 15 is 0 Å². The molecule has 0 fully saturated rings. The fourth-order valence-electron chi connectivity index (χ4n) is 3.75. The summed E-state index contributed by atoms with van der Waals surface area (Å²) in [6.45, 7) is 4.82. The number of carboxylic acid groups (broad SMARTS) is 1. The first-order valence-electron chi connectivity index (χ1n) is 14.7. The van der Waals surface area contributed by atoms with E-state index in [1.165, 1.54) is 44.9 Å². The number of amides is 2. The molecule has 0 aliphatic heterocycles. The van der Waals surface area contributed by atoms with Gasteiger partial charge in [0.1, 0.15) is 0 Å². The van der Waals surface area contributed by atoms with Gasteiger partial charge in [0.25, 0.3) is 0 Å². The van der Waals surface area contributed by atoms with Crippen LogP contribution in [-0.2, 0) is 33.3 Å². The molecule has 0 aromatic heterocycles. The molecule has 0 bridgehead atoms. The maximum Gasteiger partial charge on any atom is 0.303 e. The Morgan fingerprint density at radius 2 is 0.821 bits per heavy atom. The average Bonchev–Trinajstić information content (AvgIpc) is 2.92. The minimum atomic E-state index is -0.691. The summed E-state index contributed by atoms with van der Waals surface area (Å²) in [6, 6.07) is 0. The predicted octanol–water partition coefficient (Wildman–Crippen LogP) is 4.23. The lowest BCUT2D eigenvalue weighted by Gasteiger charge is -2.08. The summed E-state index contributed by atoms with van der Waals surface area (Å²) in [5.41, 5.74) is 0. The maximum absolute atomic E-state index is 11.9. The van der Waals surface area contributed by atoms with E-state index in [-0.39, 0.29) is 11.8 Å². The van der Waals surface area contributed by atoms with Gasteiger partial charge in [-0.1, -0.05) is 80.1 Å². The SMILES string of the molecule is O=C(O)CCCCCCCCCCCCCCC(=O)NCCOCCOCCOCCOCCNC(=O)CBr. The normalized spacial score (nSPS) is 11.0. The van der Waals surface area contributed by atoms with Crippen molar-refractivity contribution in [3.8, 4) is 0 Å². The smallest absolute Gasteiger partial charge is 0.303 e. The molecule has 0 rings (SSSR count). The van der Waals surface area contributed by atoms with Crippen LogP contribution >= 0.6 is 15.9 Å². The Hall–Kier alpha value is -1.27. The second kappa shape index (κ2) is 31.3. The van der Waals surface area contributed by atoms with Gasteiger partial charge in [0.05, 0.1) is 58.2 Å². The van der Waals surface area contributed by atoms with Crippen molar-refractivity contribution in [3.05, 3.63) is 0 Å². The molecule has 3 N–H and O–H groups in total. The number of unbranched alkanes of at least 4 members (excludes halogenated alkanes) is 11. The van der Waals surface area contributed by atoms with Gasteiger partial charge in [-0.25, -0.2) is 0 Å². The average molecular weight is 626 g/mol. The van der Waals surface area contributed by atoms with Gasteiger partial charge in [0.15, 0.2) is 0 Å². The van der Waals surface area contributed by atoms with E-state index < -0.39 is 5.97 Å². The van der Waals surface area contributed by atoms with E-state index in [1.54, 1.807) is 0 Å². The molecule has 0 spiro atoms. The van der Waals surface area contributed by atoms with Crippen LogP contribution in [0.5, 0.6) is 0 Å². The van der Waals surface area contributed by atoms with E-state index in [4.69, 9.17) is 24.1 Å². The summed E-state index contributed by atoms with van der Waals surface area (Å²) in [6.07, 6.45) is 14.5. The Morgan fingerprint density at radius 3 is 1.21 bits per heavy atom. The van der Waals surface area contributed by atoms with Crippen molar-refractivity contribution in [2.75, 3.05) is 71.3 Å². The third-order valence-corrected chi connectivity index (χ3v) is 6.43. The minimum Gasteiger partial charge on any atom is -0.481 e. The topological polar surface area (TPSA) is 132 Å². The Morgan fingerprint density at radius 1 is 0.487 bits per heavy atom. The summed E-state index contributed by atoms with van der Waals surface area (Å²) in [5.74, 6) is -0.663. The number of ether oxygens (including phenoxy) is 4. The molecule has 230 valence electrons. The largest absolute Gasteiger partial charge is 0.481 e. The fourth-order valence-corrected chi connectivity index (χ4v) is 3.95. The zero-order valence-corrected chi connectivity index (χ0v) is 25.4. The summed E-state index contributed by atoms with van der Waals surface area (Å²) >= 11 is 3.08. The number of alkyl halides is 1. The van der Waals surface area contributed by atoms with Crippen molar-refractivity contribution in [1.82, 2.24) is 10.6 Å². The number of carboxylic acids is 1. The van der Waals surface area contributed by atoms with E-state index in [2.05, 4.69) is 26.6 Å². The molecule has 0 aliphatic rings. The van der Waals surface area contributed by atoms with E-state index in [1.807, 2.05) is 0 Å². The molecule has 0 aromatic rings. The maximum atomic E-state index is 11.9. The molecule has 0 unspecified atom stereocenters. The highest BCUT2D eigenvalue weighted by Crippen LogP contribution is 2.13. The summed E-state index contributed by atoms with van der Waals surface area (Å²) in [4.78, 5) is 33.3. The number of rotatable bonds is 31. The number of halogens is 1. The first-order chi connectivity index (χ1) is 19.1. The zero-order valence-electron chi connectivity index (χ0n) is 23.9. The summed E-state index contributed by atoms with van der Waals surface area (Å²) in [5, 5.41) is 14.5. The van der Waals surface area contributed by atoms with E-state index in [9.17, 15) is 14.4 Å². The molecule has 10 nitrogen and oxygen atoms in total. The first-order valence-corrected chi connectivity index (χ1v) is 15.8. The number of carbonyl (C=O) groups excluding carboxylic acids is 2. The second-order valence-corrected chi connectivity index (χ2v) is 9.98. The fraction of sp³-hybridized carbons (Fsp3) is 0.893. The number of carbonyl (C=O) groups is 3. The van der Waals surface area contributed by atoms with Gasteiger partial charge in [0.2, 0.25) is 11.8 Å². The lowest BCUT2D eigenvalue weighted by Crippen LogP contribution is -2.28. The Bertz CT molecular complexity index is 584. The third kappa shape index (κ3) is 32.8. The third-order valence-electron chi connectivity index (χ3n) is 5.92. The van der Waals surface area contributed by atoms with Crippen LogP contribution in [0.25, 0.3) is 0 Å². The van der Waals surface area contributed by atoms with E-state index in [0.717, 1.165) is 32.1 Å². The van der Waals surface area contributed by atoms with Crippen LogP contribution in [0.3, 0.4) is 0 Å². The van der Waals surface area contributed by atoms with Crippen molar-refractivity contribution in [2.45, 2.75) is 89.9 Å². The van der Waals surface area contributed by atoms with E-state index in [0.29, 0.717) is 84.1 Å². The van der Waals surface area contributed by atoms with Crippen LogP contribution in [0.4, 0.5) is 0 Å². The van der Waals surface area contributed by atoms with Crippen molar-refractivity contribution < 1.29 is 38.4 Å². The van der Waals surface area contributed by atoms with Crippen LogP contribution in [0.15, 0.2) is 0 Å². The van der Waals surface area contributed by atoms with Crippen molar-refractivity contribution in [2.24, 2.45) is 0 Å². The number of aliphatic carboxylic acids is 1. The highest BCUT2D eigenvalue weighted by Gasteiger charge is 2.01. The zero-order chi connectivity index (χ0) is 28.7. The Balaban J connectivity index is 3.18. The molecule has 0 saturated heterocycles. The Labute approximate surface area is 243 Å². The molecule has 39 heavy (non-hydrogen) atoms. The monoisotopic (exact) mass is 624 g/mol. The van der Waals surface area contributed by atoms with Gasteiger partial charge in [-0.3, -0.25) is 14.4 Å². The molecule has 0 atom stereocenters. The van der Waals surface area contributed by atoms with Gasteiger partial charge in [-0.15, -0.1) is 0 Å².